The highest BCUT2D eigenvalue weighted by Crippen LogP contribution is 2.54. The van der Waals surface area contributed by atoms with Crippen molar-refractivity contribution in [3.63, 3.8) is 0 Å². The number of aliphatic carboxylic acids is 1. The fourth-order valence-corrected chi connectivity index (χ4v) is 8.21. The van der Waals surface area contributed by atoms with Crippen molar-refractivity contribution in [2.24, 2.45) is 17.3 Å². The summed E-state index contributed by atoms with van der Waals surface area (Å²) in [7, 11) is -1.75. The van der Waals surface area contributed by atoms with Gasteiger partial charge in [-0.15, -0.1) is 0 Å². The van der Waals surface area contributed by atoms with E-state index in [0.717, 1.165) is 42.6 Å². The molecule has 0 aromatic rings. The maximum atomic E-state index is 12.3. The van der Waals surface area contributed by atoms with Gasteiger partial charge in [-0.1, -0.05) is 65.6 Å². The first-order chi connectivity index (χ1) is 15.0. The van der Waals surface area contributed by atoms with Gasteiger partial charge in [0.2, 0.25) is 0 Å². The maximum Gasteiger partial charge on any atom is 0.332 e. The number of carboxylic acids is 1. The zero-order chi connectivity index (χ0) is 24.5. The van der Waals surface area contributed by atoms with Crippen LogP contribution in [0, 0.1) is 29.1 Å². The Balaban J connectivity index is 0.00000249. The van der Waals surface area contributed by atoms with Crippen LogP contribution in [-0.4, -0.2) is 35.7 Å². The number of carboxylic acid groups (broad SMARTS) is 1. The summed E-state index contributed by atoms with van der Waals surface area (Å²) in [5, 5.41) is 13.8. The first-order valence-corrected chi connectivity index (χ1v) is 14.9. The molecule has 32 heavy (non-hydrogen) atoms. The van der Waals surface area contributed by atoms with Crippen molar-refractivity contribution < 1.29 is 9.90 Å². The summed E-state index contributed by atoms with van der Waals surface area (Å²) in [4.78, 5) is 12.3. The van der Waals surface area contributed by atoms with Crippen molar-refractivity contribution in [2.75, 3.05) is 12.7 Å². The van der Waals surface area contributed by atoms with Gasteiger partial charge in [0.1, 0.15) is 0 Å². The lowest BCUT2D eigenvalue weighted by molar-refractivity contribution is -0.133. The van der Waals surface area contributed by atoms with Crippen LogP contribution in [0.25, 0.3) is 0 Å². The summed E-state index contributed by atoms with van der Waals surface area (Å²) in [5.74, 6) is 6.78. The Morgan fingerprint density at radius 3 is 2.28 bits per heavy atom. The monoisotopic (exact) mass is 461 g/mol. The lowest BCUT2D eigenvalue weighted by Crippen LogP contribution is -2.29. The van der Waals surface area contributed by atoms with Gasteiger partial charge in [0, 0.05) is 22.7 Å². The summed E-state index contributed by atoms with van der Waals surface area (Å²) >= 11 is 0. The van der Waals surface area contributed by atoms with Gasteiger partial charge in [0.25, 0.3) is 0 Å². The Bertz CT molecular complexity index is 796. The van der Waals surface area contributed by atoms with Gasteiger partial charge in [0.05, 0.1) is 0 Å². The standard InChI is InChI=1S/C26H42NO2P.C2H6/c1-8-21-16-20(14-15-26(4,5)6)17-22(24(21)25(28)29)18-30(7,27-9-2)23-12-10-19(3)11-13-23;1-2/h17,19,21,23,27H,7-13,16,18H2,1-6H3,(H,28,29);1-2H3. The van der Waals surface area contributed by atoms with Crippen LogP contribution in [0.5, 0.6) is 0 Å². The van der Waals surface area contributed by atoms with E-state index in [0.29, 0.717) is 11.2 Å². The Labute approximate surface area is 198 Å². The average molecular weight is 462 g/mol. The van der Waals surface area contributed by atoms with Crippen LogP contribution in [-0.2, 0) is 4.79 Å². The van der Waals surface area contributed by atoms with E-state index in [2.05, 4.69) is 64.5 Å². The highest BCUT2D eigenvalue weighted by Gasteiger charge is 2.33. The van der Waals surface area contributed by atoms with Gasteiger partial charge in [0.15, 0.2) is 0 Å². The second kappa shape index (κ2) is 12.9. The van der Waals surface area contributed by atoms with Crippen molar-refractivity contribution in [1.29, 1.82) is 0 Å². The topological polar surface area (TPSA) is 49.3 Å². The highest BCUT2D eigenvalue weighted by atomic mass is 31.2. The molecule has 2 unspecified atom stereocenters. The molecule has 1 fully saturated rings. The summed E-state index contributed by atoms with van der Waals surface area (Å²) < 4.78 is 0. The largest absolute Gasteiger partial charge is 0.478 e. The summed E-state index contributed by atoms with van der Waals surface area (Å²) in [6.45, 7) is 17.8. The summed E-state index contributed by atoms with van der Waals surface area (Å²) in [5.41, 5.74) is 3.17. The van der Waals surface area contributed by atoms with Crippen LogP contribution in [0.4, 0.5) is 0 Å². The normalized spacial score (nSPS) is 25.5. The minimum atomic E-state index is -1.75. The fourth-order valence-electron chi connectivity index (χ4n) is 4.79. The van der Waals surface area contributed by atoms with E-state index in [1.54, 1.807) is 0 Å². The third kappa shape index (κ3) is 8.28. The molecule has 3 nitrogen and oxygen atoms in total. The summed E-state index contributed by atoms with van der Waals surface area (Å²) in [6, 6.07) is 0. The lowest BCUT2D eigenvalue weighted by atomic mass is 9.81. The molecule has 0 amide bonds. The number of hydrogen-bond donors (Lipinski definition) is 2. The highest BCUT2D eigenvalue weighted by molar-refractivity contribution is 7.72. The number of hydrogen-bond acceptors (Lipinski definition) is 2. The molecular weight excluding hydrogens is 413 g/mol. The average Bonchev–Trinajstić information content (AvgIpc) is 2.73. The van der Waals surface area contributed by atoms with Gasteiger partial charge >= 0.3 is 5.97 Å². The van der Waals surface area contributed by atoms with E-state index in [9.17, 15) is 9.90 Å². The summed E-state index contributed by atoms with van der Waals surface area (Å²) in [6.07, 6.45) is 14.1. The van der Waals surface area contributed by atoms with Crippen molar-refractivity contribution >= 4 is 19.3 Å². The SMILES string of the molecule is C=P(CC1=C(C(=O)O)C(CC)CC(C#CC(C)(C)C)=C1)(NCC)C1CCC(C)CC1.CC. The Morgan fingerprint density at radius 1 is 1.22 bits per heavy atom. The predicted molar refractivity (Wildman–Crippen MR) is 144 cm³/mol. The second-order valence-corrected chi connectivity index (χ2v) is 13.8. The van der Waals surface area contributed by atoms with Crippen LogP contribution < -0.4 is 5.09 Å². The molecule has 0 aromatic carbocycles. The fraction of sp³-hybridized carbons (Fsp3) is 0.714. The smallest absolute Gasteiger partial charge is 0.332 e. The molecule has 0 aliphatic heterocycles. The van der Waals surface area contributed by atoms with Gasteiger partial charge in [-0.3, -0.25) is 5.09 Å². The molecule has 2 aliphatic carbocycles. The van der Waals surface area contributed by atoms with Gasteiger partial charge in [-0.05, 0) is 89.2 Å². The first-order valence-electron chi connectivity index (χ1n) is 12.7. The van der Waals surface area contributed by atoms with E-state index in [-0.39, 0.29) is 11.3 Å². The number of rotatable bonds is 7. The van der Waals surface area contributed by atoms with Crippen LogP contribution in [0.15, 0.2) is 22.8 Å². The van der Waals surface area contributed by atoms with Crippen molar-refractivity contribution in [2.45, 2.75) is 99.6 Å². The second-order valence-electron chi connectivity index (χ2n) is 10.3. The minimum absolute atomic E-state index is 0.0354. The van der Waals surface area contributed by atoms with Crippen LogP contribution in [0.3, 0.4) is 0 Å². The molecule has 0 spiro atoms. The first kappa shape index (κ1) is 28.8. The Kier molecular flexibility index (Phi) is 11.6. The molecule has 182 valence electrons. The van der Waals surface area contributed by atoms with E-state index in [4.69, 9.17) is 6.30 Å². The molecule has 1 saturated carbocycles. The van der Waals surface area contributed by atoms with Crippen molar-refractivity contribution in [1.82, 2.24) is 5.09 Å². The lowest BCUT2D eigenvalue weighted by Gasteiger charge is -2.39. The van der Waals surface area contributed by atoms with E-state index in [1.807, 2.05) is 13.8 Å². The predicted octanol–water partition coefficient (Wildman–Crippen LogP) is 7.35. The van der Waals surface area contributed by atoms with E-state index >= 15 is 0 Å². The molecule has 0 bridgehead atoms. The van der Waals surface area contributed by atoms with Crippen molar-refractivity contribution in [3.05, 3.63) is 22.8 Å². The maximum absolute atomic E-state index is 12.3. The molecule has 2 N–H and O–H groups in total. The molecule has 2 atom stereocenters. The molecule has 0 radical (unpaired) electrons. The molecule has 4 heteroatoms. The van der Waals surface area contributed by atoms with Gasteiger partial charge < -0.3 is 5.11 Å². The van der Waals surface area contributed by atoms with Gasteiger partial charge in [-0.2, -0.15) is 0 Å². The van der Waals surface area contributed by atoms with Crippen molar-refractivity contribution in [3.8, 4) is 11.8 Å². The van der Waals surface area contributed by atoms with E-state index < -0.39 is 13.0 Å². The zero-order valence-corrected chi connectivity index (χ0v) is 22.9. The molecular formula is C28H48NO2P. The number of nitrogens with one attached hydrogen (secondary N) is 1. The quantitative estimate of drug-likeness (QED) is 0.308. The number of allylic oxidation sites excluding steroid dienone is 3. The third-order valence-electron chi connectivity index (χ3n) is 6.50. The Morgan fingerprint density at radius 2 is 1.81 bits per heavy atom. The molecule has 0 aromatic heterocycles. The molecule has 0 heterocycles. The number of carbonyl (C=O) groups is 1. The van der Waals surface area contributed by atoms with E-state index in [1.165, 1.54) is 25.7 Å². The molecule has 2 rings (SSSR count). The third-order valence-corrected chi connectivity index (χ3v) is 10.3. The van der Waals surface area contributed by atoms with Crippen LogP contribution >= 0.6 is 7.04 Å². The molecule has 0 saturated heterocycles. The zero-order valence-electron chi connectivity index (χ0n) is 22.0. The van der Waals surface area contributed by atoms with Crippen LogP contribution in [0.1, 0.15) is 93.9 Å². The van der Waals surface area contributed by atoms with Crippen LogP contribution in [0.2, 0.25) is 0 Å². The van der Waals surface area contributed by atoms with Gasteiger partial charge in [-0.25, -0.2) is 4.79 Å². The minimum Gasteiger partial charge on any atom is -0.478 e. The molecule has 2 aliphatic rings. The Hall–Kier alpha value is -1.23.